The van der Waals surface area contributed by atoms with Crippen LogP contribution in [0.5, 0.6) is 0 Å². The third-order valence-corrected chi connectivity index (χ3v) is 3.04. The molecule has 3 heteroatoms. The normalized spacial score (nSPS) is 11.4. The maximum absolute atomic E-state index is 11.2. The van der Waals surface area contributed by atoms with Crippen molar-refractivity contribution in [3.05, 3.63) is 86.6 Å². The highest BCUT2D eigenvalue weighted by Crippen LogP contribution is 2.16. The summed E-state index contributed by atoms with van der Waals surface area (Å²) in [6.45, 7) is 3.99. The Morgan fingerprint density at radius 1 is 1.10 bits per heavy atom. The fourth-order valence-corrected chi connectivity index (χ4v) is 2.26. The van der Waals surface area contributed by atoms with Crippen LogP contribution in [0.15, 0.2) is 54.2 Å². The monoisotopic (exact) mass is 267 g/mol. The fraction of sp³-hybridized carbons (Fsp3) is 0.176. The number of aryl methyl sites for hydroxylation is 2. The van der Waals surface area contributed by atoms with Crippen molar-refractivity contribution in [2.75, 3.05) is 0 Å². The lowest BCUT2D eigenvalue weighted by atomic mass is 10.0. The molecule has 0 amide bonds. The molecule has 0 spiro atoms. The zero-order valence-electron chi connectivity index (χ0n) is 11.7. The Kier molecular flexibility index (Phi) is 4.31. The van der Waals surface area contributed by atoms with Crippen molar-refractivity contribution >= 4 is 6.08 Å². The van der Waals surface area contributed by atoms with Gasteiger partial charge in [-0.25, -0.2) is 0 Å². The first kappa shape index (κ1) is 14.0. The molecule has 0 saturated heterocycles. The van der Waals surface area contributed by atoms with E-state index < -0.39 is 0 Å². The Morgan fingerprint density at radius 2 is 1.70 bits per heavy atom. The quantitative estimate of drug-likeness (QED) is 0.616. The molecule has 0 bridgehead atoms. The number of nitrogens with zero attached hydrogens (tertiary/aromatic N) is 1. The van der Waals surface area contributed by atoms with Gasteiger partial charge in [-0.3, -0.25) is 10.1 Å². The van der Waals surface area contributed by atoms with Crippen molar-refractivity contribution in [3.8, 4) is 0 Å². The summed E-state index contributed by atoms with van der Waals surface area (Å²) >= 11 is 0. The smallest absolute Gasteiger partial charge is 0.251 e. The van der Waals surface area contributed by atoms with E-state index in [1.165, 1.54) is 0 Å². The number of rotatable bonds is 4. The van der Waals surface area contributed by atoms with Crippen LogP contribution in [0.3, 0.4) is 0 Å². The Hall–Kier alpha value is -2.42. The van der Waals surface area contributed by atoms with Crippen molar-refractivity contribution in [3.63, 3.8) is 0 Å². The van der Waals surface area contributed by atoms with Gasteiger partial charge < -0.3 is 0 Å². The van der Waals surface area contributed by atoms with Gasteiger partial charge in [0.05, 0.1) is 11.3 Å². The van der Waals surface area contributed by atoms with Crippen LogP contribution >= 0.6 is 0 Å². The number of benzene rings is 2. The minimum atomic E-state index is -0.301. The van der Waals surface area contributed by atoms with Crippen LogP contribution in [-0.4, -0.2) is 4.92 Å². The van der Waals surface area contributed by atoms with Crippen molar-refractivity contribution in [1.29, 1.82) is 0 Å². The van der Waals surface area contributed by atoms with Gasteiger partial charge in [0.25, 0.3) is 5.70 Å². The van der Waals surface area contributed by atoms with Gasteiger partial charge in [-0.05, 0) is 25.0 Å². The Bertz CT molecular complexity index is 625. The highest BCUT2D eigenvalue weighted by atomic mass is 16.6. The minimum Gasteiger partial charge on any atom is -0.259 e. The van der Waals surface area contributed by atoms with E-state index in [1.54, 1.807) is 6.08 Å². The summed E-state index contributed by atoms with van der Waals surface area (Å²) in [6, 6.07) is 15.5. The minimum absolute atomic E-state index is 0.209. The lowest BCUT2D eigenvalue weighted by Gasteiger charge is -2.02. The number of hydrogen-bond donors (Lipinski definition) is 0. The molecule has 0 unspecified atom stereocenters. The van der Waals surface area contributed by atoms with Crippen LogP contribution in [0.1, 0.15) is 22.3 Å². The van der Waals surface area contributed by atoms with Gasteiger partial charge in [-0.15, -0.1) is 0 Å². The summed E-state index contributed by atoms with van der Waals surface area (Å²) in [5.41, 5.74) is 4.25. The molecule has 0 saturated carbocycles. The van der Waals surface area contributed by atoms with E-state index in [9.17, 15) is 10.1 Å². The van der Waals surface area contributed by atoms with Gasteiger partial charge >= 0.3 is 0 Å². The molecule has 0 aliphatic heterocycles. The molecule has 0 atom stereocenters. The van der Waals surface area contributed by atoms with E-state index in [4.69, 9.17) is 0 Å². The average molecular weight is 267 g/mol. The van der Waals surface area contributed by atoms with Gasteiger partial charge in [0.1, 0.15) is 0 Å². The topological polar surface area (TPSA) is 43.1 Å². The summed E-state index contributed by atoms with van der Waals surface area (Å²) < 4.78 is 0. The third-order valence-electron chi connectivity index (χ3n) is 3.04. The number of hydrogen-bond acceptors (Lipinski definition) is 2. The molecule has 0 N–H and O–H groups in total. The highest BCUT2D eigenvalue weighted by molar-refractivity contribution is 5.54. The zero-order valence-corrected chi connectivity index (χ0v) is 11.7. The summed E-state index contributed by atoms with van der Waals surface area (Å²) in [5.74, 6) is 0. The molecule has 3 nitrogen and oxygen atoms in total. The largest absolute Gasteiger partial charge is 0.259 e. The van der Waals surface area contributed by atoms with Gasteiger partial charge in [-0.2, -0.15) is 0 Å². The molecule has 0 heterocycles. The molecular weight excluding hydrogens is 250 g/mol. The molecule has 2 rings (SSSR count). The second-order valence-corrected chi connectivity index (χ2v) is 4.98. The zero-order chi connectivity index (χ0) is 14.5. The Labute approximate surface area is 118 Å². The third kappa shape index (κ3) is 3.79. The predicted molar refractivity (Wildman–Crippen MR) is 81.0 cm³/mol. The summed E-state index contributed by atoms with van der Waals surface area (Å²) in [4.78, 5) is 10.9. The molecule has 2 aromatic rings. The van der Waals surface area contributed by atoms with Gasteiger partial charge in [0, 0.05) is 6.08 Å². The highest BCUT2D eigenvalue weighted by Gasteiger charge is 2.12. The molecule has 0 fully saturated rings. The summed E-state index contributed by atoms with van der Waals surface area (Å²) in [7, 11) is 0. The molecular formula is C17H17NO2. The Balaban J connectivity index is 2.33. The fourth-order valence-electron chi connectivity index (χ4n) is 2.26. The predicted octanol–water partition coefficient (Wildman–Crippen LogP) is 4.16. The molecule has 0 aliphatic carbocycles. The maximum atomic E-state index is 11.2. The number of allylic oxidation sites excluding steroid dienone is 1. The van der Waals surface area contributed by atoms with Gasteiger partial charge in [0.15, 0.2) is 0 Å². The van der Waals surface area contributed by atoms with Crippen molar-refractivity contribution in [2.45, 2.75) is 20.3 Å². The van der Waals surface area contributed by atoms with Crippen LogP contribution in [0.2, 0.25) is 0 Å². The van der Waals surface area contributed by atoms with E-state index >= 15 is 0 Å². The van der Waals surface area contributed by atoms with E-state index in [2.05, 4.69) is 6.07 Å². The van der Waals surface area contributed by atoms with Crippen molar-refractivity contribution < 1.29 is 4.92 Å². The van der Waals surface area contributed by atoms with Crippen LogP contribution in [0.4, 0.5) is 0 Å². The first-order chi connectivity index (χ1) is 9.54. The van der Waals surface area contributed by atoms with Crippen molar-refractivity contribution in [2.24, 2.45) is 0 Å². The lowest BCUT2D eigenvalue weighted by molar-refractivity contribution is -0.425. The second kappa shape index (κ2) is 6.15. The first-order valence-electron chi connectivity index (χ1n) is 6.52. The van der Waals surface area contributed by atoms with Gasteiger partial charge in [-0.1, -0.05) is 59.7 Å². The van der Waals surface area contributed by atoms with Crippen LogP contribution in [-0.2, 0) is 6.42 Å². The SMILES string of the molecule is Cc1cc(C)cc(C=C(Cc2ccccc2)[N+](=O)[O-])c1. The standard InChI is InChI=1S/C17H17NO2/c1-13-8-14(2)10-16(9-13)12-17(18(19)20)11-15-6-4-3-5-7-15/h3-10,12H,11H2,1-2H3. The first-order valence-corrected chi connectivity index (χ1v) is 6.52. The Morgan fingerprint density at radius 3 is 2.25 bits per heavy atom. The second-order valence-electron chi connectivity index (χ2n) is 4.98. The van der Waals surface area contributed by atoms with Crippen LogP contribution in [0.25, 0.3) is 6.08 Å². The molecule has 0 aromatic heterocycles. The van der Waals surface area contributed by atoms with Gasteiger partial charge in [0.2, 0.25) is 0 Å². The lowest BCUT2D eigenvalue weighted by Crippen LogP contribution is -2.02. The summed E-state index contributed by atoms with van der Waals surface area (Å²) in [6.07, 6.45) is 1.99. The maximum Gasteiger partial charge on any atom is 0.251 e. The molecule has 2 aromatic carbocycles. The van der Waals surface area contributed by atoms with E-state index in [-0.39, 0.29) is 10.6 Å². The van der Waals surface area contributed by atoms with E-state index in [1.807, 2.05) is 56.3 Å². The molecule has 20 heavy (non-hydrogen) atoms. The summed E-state index contributed by atoms with van der Waals surface area (Å²) in [5, 5.41) is 11.2. The van der Waals surface area contributed by atoms with Crippen LogP contribution < -0.4 is 0 Å². The van der Waals surface area contributed by atoms with Crippen LogP contribution in [0, 0.1) is 24.0 Å². The molecule has 102 valence electrons. The molecule has 0 aliphatic rings. The van der Waals surface area contributed by atoms with E-state index in [0.29, 0.717) is 6.42 Å². The average Bonchev–Trinajstić information content (AvgIpc) is 2.38. The van der Waals surface area contributed by atoms with E-state index in [0.717, 1.165) is 22.3 Å². The molecule has 0 radical (unpaired) electrons. The number of nitro groups is 1. The van der Waals surface area contributed by atoms with Crippen molar-refractivity contribution in [1.82, 2.24) is 0 Å².